The summed E-state index contributed by atoms with van der Waals surface area (Å²) >= 11 is 0. The molecule has 2 unspecified atom stereocenters. The van der Waals surface area contributed by atoms with Crippen molar-refractivity contribution in [2.24, 2.45) is 0 Å². The highest BCUT2D eigenvalue weighted by molar-refractivity contribution is 6.09. The summed E-state index contributed by atoms with van der Waals surface area (Å²) in [5.41, 5.74) is 3.81. The Hall–Kier alpha value is -2.22. The molecule has 1 aliphatic rings. The van der Waals surface area contributed by atoms with Gasteiger partial charge in [0.05, 0.1) is 11.8 Å². The van der Waals surface area contributed by atoms with Crippen molar-refractivity contribution >= 4 is 12.1 Å². The average Bonchev–Trinajstić information content (AvgIpc) is 2.88. The Kier molecular flexibility index (Phi) is 4.71. The summed E-state index contributed by atoms with van der Waals surface area (Å²) < 4.78 is 0. The maximum absolute atomic E-state index is 12.7. The van der Waals surface area contributed by atoms with Crippen molar-refractivity contribution in [1.29, 1.82) is 0 Å². The third kappa shape index (κ3) is 2.98. The summed E-state index contributed by atoms with van der Waals surface area (Å²) in [4.78, 5) is 24.3. The lowest BCUT2D eigenvalue weighted by Gasteiger charge is -2.14. The predicted octanol–water partition coefficient (Wildman–Crippen LogP) is 4.68. The first-order chi connectivity index (χ1) is 11.3. The number of benzene rings is 2. The minimum absolute atomic E-state index is 0.0661. The van der Waals surface area contributed by atoms with Crippen molar-refractivity contribution < 1.29 is 9.59 Å². The Balaban J connectivity index is 1.84. The summed E-state index contributed by atoms with van der Waals surface area (Å²) in [6.07, 6.45) is 5.65. The normalized spacial score (nSPS) is 19.6. The monoisotopic (exact) mass is 306 g/mol. The quantitative estimate of drug-likeness (QED) is 0.573. The molecule has 2 aromatic rings. The van der Waals surface area contributed by atoms with Crippen LogP contribution in [-0.2, 0) is 11.2 Å². The molecule has 0 spiro atoms. The van der Waals surface area contributed by atoms with Gasteiger partial charge < -0.3 is 4.79 Å². The van der Waals surface area contributed by atoms with Crippen LogP contribution in [-0.4, -0.2) is 12.1 Å². The van der Waals surface area contributed by atoms with E-state index in [9.17, 15) is 9.59 Å². The van der Waals surface area contributed by atoms with Crippen molar-refractivity contribution in [2.45, 2.75) is 44.4 Å². The first kappa shape index (κ1) is 15.7. The molecule has 118 valence electrons. The lowest BCUT2D eigenvalue weighted by molar-refractivity contribution is -0.109. The SMILES string of the molecule is CCCCCc1ccc(C2C(=O)c3ccccc3C2C=O)cc1. The molecule has 0 saturated carbocycles. The summed E-state index contributed by atoms with van der Waals surface area (Å²) in [6.45, 7) is 2.20. The third-order valence-corrected chi connectivity index (χ3v) is 4.78. The number of carbonyl (C=O) groups is 2. The Morgan fingerprint density at radius 1 is 1.00 bits per heavy atom. The maximum Gasteiger partial charge on any atom is 0.171 e. The summed E-state index contributed by atoms with van der Waals surface area (Å²) in [7, 11) is 0. The summed E-state index contributed by atoms with van der Waals surface area (Å²) in [6, 6.07) is 15.7. The molecule has 2 atom stereocenters. The van der Waals surface area contributed by atoms with E-state index in [-0.39, 0.29) is 17.6 Å². The molecule has 2 aromatic carbocycles. The molecule has 0 amide bonds. The number of Topliss-reactive ketones (excluding diaryl/α,β-unsaturated/α-hetero) is 1. The highest BCUT2D eigenvalue weighted by atomic mass is 16.1. The molecule has 0 fully saturated rings. The van der Waals surface area contributed by atoms with E-state index in [0.29, 0.717) is 5.56 Å². The van der Waals surface area contributed by atoms with E-state index < -0.39 is 0 Å². The fraction of sp³-hybridized carbons (Fsp3) is 0.333. The van der Waals surface area contributed by atoms with Crippen molar-refractivity contribution in [3.8, 4) is 0 Å². The van der Waals surface area contributed by atoms with Crippen LogP contribution < -0.4 is 0 Å². The van der Waals surface area contributed by atoms with Gasteiger partial charge in [0, 0.05) is 5.56 Å². The van der Waals surface area contributed by atoms with E-state index >= 15 is 0 Å². The van der Waals surface area contributed by atoms with Gasteiger partial charge in [-0.2, -0.15) is 0 Å². The minimum Gasteiger partial charge on any atom is -0.303 e. The van der Waals surface area contributed by atoms with Crippen molar-refractivity contribution in [1.82, 2.24) is 0 Å². The lowest BCUT2D eigenvalue weighted by atomic mass is 9.86. The largest absolute Gasteiger partial charge is 0.303 e. The summed E-state index contributed by atoms with van der Waals surface area (Å²) in [5, 5.41) is 0. The number of fused-ring (bicyclic) bond motifs is 1. The van der Waals surface area contributed by atoms with Gasteiger partial charge in [0.15, 0.2) is 5.78 Å². The molecular weight excluding hydrogens is 284 g/mol. The number of hydrogen-bond donors (Lipinski definition) is 0. The number of rotatable bonds is 6. The van der Waals surface area contributed by atoms with Gasteiger partial charge >= 0.3 is 0 Å². The van der Waals surface area contributed by atoms with Gasteiger partial charge in [-0.3, -0.25) is 4.79 Å². The van der Waals surface area contributed by atoms with Crippen LogP contribution in [0.5, 0.6) is 0 Å². The topological polar surface area (TPSA) is 34.1 Å². The molecule has 0 N–H and O–H groups in total. The van der Waals surface area contributed by atoms with Gasteiger partial charge in [-0.25, -0.2) is 0 Å². The highest BCUT2D eigenvalue weighted by Gasteiger charge is 2.40. The van der Waals surface area contributed by atoms with Crippen LogP contribution in [0.1, 0.15) is 65.1 Å². The Morgan fingerprint density at radius 2 is 1.74 bits per heavy atom. The zero-order valence-electron chi connectivity index (χ0n) is 13.5. The maximum atomic E-state index is 12.7. The molecule has 0 aliphatic heterocycles. The smallest absolute Gasteiger partial charge is 0.171 e. The Morgan fingerprint density at radius 3 is 2.43 bits per heavy atom. The van der Waals surface area contributed by atoms with Crippen LogP contribution in [0.15, 0.2) is 48.5 Å². The van der Waals surface area contributed by atoms with Gasteiger partial charge in [-0.15, -0.1) is 0 Å². The zero-order chi connectivity index (χ0) is 16.2. The van der Waals surface area contributed by atoms with Crippen molar-refractivity contribution in [2.75, 3.05) is 0 Å². The second kappa shape index (κ2) is 6.91. The van der Waals surface area contributed by atoms with Crippen LogP contribution >= 0.6 is 0 Å². The van der Waals surface area contributed by atoms with E-state index in [4.69, 9.17) is 0 Å². The molecule has 2 heteroatoms. The van der Waals surface area contributed by atoms with Crippen LogP contribution in [0.4, 0.5) is 0 Å². The molecular formula is C21H22O2. The van der Waals surface area contributed by atoms with E-state index in [1.807, 2.05) is 36.4 Å². The number of unbranched alkanes of at least 4 members (excludes halogenated alkanes) is 2. The molecule has 3 rings (SSSR count). The van der Waals surface area contributed by atoms with Gasteiger partial charge in [-0.05, 0) is 29.5 Å². The van der Waals surface area contributed by atoms with E-state index in [1.54, 1.807) is 0 Å². The van der Waals surface area contributed by atoms with E-state index in [0.717, 1.165) is 23.8 Å². The molecule has 0 radical (unpaired) electrons. The van der Waals surface area contributed by atoms with Crippen molar-refractivity contribution in [3.63, 3.8) is 0 Å². The second-order valence-electron chi connectivity index (χ2n) is 6.29. The first-order valence-corrected chi connectivity index (χ1v) is 8.43. The molecule has 1 aliphatic carbocycles. The molecule has 23 heavy (non-hydrogen) atoms. The van der Waals surface area contributed by atoms with Crippen LogP contribution in [0.25, 0.3) is 0 Å². The van der Waals surface area contributed by atoms with Crippen LogP contribution in [0.3, 0.4) is 0 Å². The lowest BCUT2D eigenvalue weighted by Crippen LogP contribution is -2.12. The fourth-order valence-corrected chi connectivity index (χ4v) is 3.50. The van der Waals surface area contributed by atoms with Crippen molar-refractivity contribution in [3.05, 3.63) is 70.8 Å². The zero-order valence-corrected chi connectivity index (χ0v) is 13.5. The number of carbonyl (C=O) groups excluding carboxylic acids is 2. The molecule has 0 bridgehead atoms. The number of hydrogen-bond acceptors (Lipinski definition) is 2. The number of ketones is 1. The molecule has 0 heterocycles. The number of aldehydes is 1. The van der Waals surface area contributed by atoms with E-state index in [1.165, 1.54) is 24.8 Å². The van der Waals surface area contributed by atoms with Gasteiger partial charge in [0.1, 0.15) is 6.29 Å². The van der Waals surface area contributed by atoms with Gasteiger partial charge in [0.25, 0.3) is 0 Å². The average molecular weight is 306 g/mol. The first-order valence-electron chi connectivity index (χ1n) is 8.43. The number of aryl methyl sites for hydroxylation is 1. The standard InChI is InChI=1S/C21H22O2/c1-2-3-4-7-15-10-12-16(13-11-15)20-19(14-22)17-8-5-6-9-18(17)21(20)23/h5-6,8-14,19-20H,2-4,7H2,1H3. The highest BCUT2D eigenvalue weighted by Crippen LogP contribution is 2.42. The predicted molar refractivity (Wildman–Crippen MR) is 92.0 cm³/mol. The fourth-order valence-electron chi connectivity index (χ4n) is 3.50. The molecule has 2 nitrogen and oxygen atoms in total. The van der Waals surface area contributed by atoms with E-state index in [2.05, 4.69) is 19.1 Å². The minimum atomic E-state index is -0.366. The second-order valence-corrected chi connectivity index (χ2v) is 6.29. The third-order valence-electron chi connectivity index (χ3n) is 4.78. The van der Waals surface area contributed by atoms with Crippen LogP contribution in [0.2, 0.25) is 0 Å². The Labute approximate surface area is 137 Å². The van der Waals surface area contributed by atoms with Crippen LogP contribution in [0, 0.1) is 0 Å². The molecule has 0 aromatic heterocycles. The Bertz CT molecular complexity index is 700. The molecule has 0 saturated heterocycles. The van der Waals surface area contributed by atoms with Gasteiger partial charge in [-0.1, -0.05) is 68.3 Å². The summed E-state index contributed by atoms with van der Waals surface area (Å²) in [5.74, 6) is -0.657. The van der Waals surface area contributed by atoms with Gasteiger partial charge in [0.2, 0.25) is 0 Å².